The average molecular weight is 283 g/mol. The smallest absolute Gasteiger partial charge is 0.335 e. The van der Waals surface area contributed by atoms with Crippen molar-refractivity contribution >= 4 is 18.4 Å². The number of aryl methyl sites for hydroxylation is 1. The zero-order valence-electron chi connectivity index (χ0n) is 10.6. The van der Waals surface area contributed by atoms with Crippen molar-refractivity contribution in [3.63, 3.8) is 0 Å². The summed E-state index contributed by atoms with van der Waals surface area (Å²) in [5.41, 5.74) is 0.208. The fourth-order valence-corrected chi connectivity index (χ4v) is 1.73. The highest BCUT2D eigenvalue weighted by molar-refractivity contribution is 5.88. The highest BCUT2D eigenvalue weighted by atomic mass is 35.5. The van der Waals surface area contributed by atoms with Gasteiger partial charge in [0.1, 0.15) is 11.6 Å². The number of hydrogen-bond acceptors (Lipinski definition) is 3. The Bertz CT molecular complexity index is 569. The number of benzene rings is 1. The summed E-state index contributed by atoms with van der Waals surface area (Å²) in [5.74, 6) is 0.339. The molecule has 1 N–H and O–H groups in total. The molecule has 0 saturated carbocycles. The Morgan fingerprint density at radius 3 is 2.79 bits per heavy atom. The third-order valence-corrected chi connectivity index (χ3v) is 2.62. The molecule has 6 heteroatoms. The second kappa shape index (κ2) is 6.24. The molecule has 2 aromatic rings. The van der Waals surface area contributed by atoms with Gasteiger partial charge in [-0.1, -0.05) is 6.07 Å². The van der Waals surface area contributed by atoms with Crippen LogP contribution in [0.15, 0.2) is 36.7 Å². The molecule has 1 aromatic heterocycles. The van der Waals surface area contributed by atoms with E-state index in [9.17, 15) is 4.79 Å². The Hall–Kier alpha value is -2.01. The number of carbonyl (C=O) groups is 1. The maximum absolute atomic E-state index is 10.8. The summed E-state index contributed by atoms with van der Waals surface area (Å²) in [6, 6.07) is 6.41. The van der Waals surface area contributed by atoms with Gasteiger partial charge in [0.25, 0.3) is 0 Å². The Labute approximate surface area is 117 Å². The molecular formula is C13H15ClN2O3. The van der Waals surface area contributed by atoms with E-state index < -0.39 is 5.97 Å². The molecule has 5 nitrogen and oxygen atoms in total. The Balaban J connectivity index is 0.00000180. The van der Waals surface area contributed by atoms with Gasteiger partial charge >= 0.3 is 5.97 Å². The van der Waals surface area contributed by atoms with Gasteiger partial charge in [0, 0.05) is 19.4 Å². The summed E-state index contributed by atoms with van der Waals surface area (Å²) in [4.78, 5) is 15.0. The Kier molecular flexibility index (Phi) is 4.94. The number of halogens is 1. The second-order valence-corrected chi connectivity index (χ2v) is 3.99. The van der Waals surface area contributed by atoms with E-state index in [0.29, 0.717) is 5.75 Å². The van der Waals surface area contributed by atoms with Crippen molar-refractivity contribution in [3.8, 4) is 5.75 Å². The highest BCUT2D eigenvalue weighted by Crippen LogP contribution is 2.21. The number of imidazole rings is 1. The summed E-state index contributed by atoms with van der Waals surface area (Å²) < 4.78 is 7.55. The first-order chi connectivity index (χ1) is 8.58. The Morgan fingerprint density at radius 2 is 2.21 bits per heavy atom. The molecule has 19 heavy (non-hydrogen) atoms. The largest absolute Gasteiger partial charge is 0.483 e. The number of carboxylic acid groups (broad SMARTS) is 1. The van der Waals surface area contributed by atoms with Crippen molar-refractivity contribution in [3.05, 3.63) is 48.0 Å². The molecule has 0 saturated heterocycles. The third kappa shape index (κ3) is 3.48. The number of ether oxygens (including phenoxy) is 1. The quantitative estimate of drug-likeness (QED) is 0.936. The van der Waals surface area contributed by atoms with Crippen molar-refractivity contribution in [1.29, 1.82) is 0 Å². The zero-order valence-corrected chi connectivity index (χ0v) is 11.4. The monoisotopic (exact) mass is 282 g/mol. The van der Waals surface area contributed by atoms with Crippen LogP contribution in [-0.4, -0.2) is 20.6 Å². The van der Waals surface area contributed by atoms with Crippen LogP contribution in [0.5, 0.6) is 5.75 Å². The van der Waals surface area contributed by atoms with Gasteiger partial charge in [-0.05, 0) is 25.1 Å². The summed E-state index contributed by atoms with van der Waals surface area (Å²) in [6.07, 6.45) is 3.29. The van der Waals surface area contributed by atoms with Gasteiger partial charge in [0.15, 0.2) is 6.10 Å². The van der Waals surface area contributed by atoms with Crippen LogP contribution in [0.1, 0.15) is 29.2 Å². The topological polar surface area (TPSA) is 64.3 Å². The Morgan fingerprint density at radius 1 is 1.47 bits per heavy atom. The minimum absolute atomic E-state index is 0. The maximum Gasteiger partial charge on any atom is 0.335 e. The van der Waals surface area contributed by atoms with Crippen LogP contribution in [0, 0.1) is 0 Å². The lowest BCUT2D eigenvalue weighted by atomic mass is 10.2. The fraction of sp³-hybridized carbons (Fsp3) is 0.231. The van der Waals surface area contributed by atoms with Crippen LogP contribution >= 0.6 is 12.4 Å². The molecule has 1 atom stereocenters. The lowest BCUT2D eigenvalue weighted by Crippen LogP contribution is -2.09. The fourth-order valence-electron chi connectivity index (χ4n) is 1.73. The van der Waals surface area contributed by atoms with Gasteiger partial charge < -0.3 is 14.4 Å². The van der Waals surface area contributed by atoms with Crippen molar-refractivity contribution in [1.82, 2.24) is 9.55 Å². The van der Waals surface area contributed by atoms with E-state index in [-0.39, 0.29) is 24.1 Å². The maximum atomic E-state index is 10.8. The van der Waals surface area contributed by atoms with E-state index in [4.69, 9.17) is 9.84 Å². The first kappa shape index (κ1) is 15.0. The van der Waals surface area contributed by atoms with Gasteiger partial charge in [0.05, 0.1) is 5.56 Å². The molecule has 0 amide bonds. The average Bonchev–Trinajstić information content (AvgIpc) is 2.76. The van der Waals surface area contributed by atoms with Gasteiger partial charge in [-0.2, -0.15) is 0 Å². The van der Waals surface area contributed by atoms with Crippen molar-refractivity contribution < 1.29 is 14.6 Å². The van der Waals surface area contributed by atoms with Crippen molar-refractivity contribution in [2.75, 3.05) is 0 Å². The van der Waals surface area contributed by atoms with E-state index in [0.717, 1.165) is 5.82 Å². The van der Waals surface area contributed by atoms with Crippen molar-refractivity contribution in [2.24, 2.45) is 7.05 Å². The van der Waals surface area contributed by atoms with Gasteiger partial charge in [0.2, 0.25) is 0 Å². The molecule has 1 unspecified atom stereocenters. The number of aromatic carboxylic acids is 1. The summed E-state index contributed by atoms with van der Waals surface area (Å²) in [6.45, 7) is 1.87. The highest BCUT2D eigenvalue weighted by Gasteiger charge is 2.12. The van der Waals surface area contributed by atoms with Crippen LogP contribution in [0.25, 0.3) is 0 Å². The lowest BCUT2D eigenvalue weighted by Gasteiger charge is -2.14. The van der Waals surface area contributed by atoms with E-state index in [1.165, 1.54) is 12.1 Å². The molecule has 0 aliphatic heterocycles. The van der Waals surface area contributed by atoms with Gasteiger partial charge in [-0.25, -0.2) is 9.78 Å². The number of aromatic nitrogens is 2. The first-order valence-corrected chi connectivity index (χ1v) is 5.55. The molecule has 0 aliphatic rings. The van der Waals surface area contributed by atoms with Crippen LogP contribution < -0.4 is 4.74 Å². The summed E-state index contributed by atoms with van der Waals surface area (Å²) in [7, 11) is 1.88. The number of rotatable bonds is 4. The first-order valence-electron chi connectivity index (χ1n) is 5.55. The third-order valence-electron chi connectivity index (χ3n) is 2.62. The minimum atomic E-state index is -0.968. The standard InChI is InChI=1S/C13H14N2O3.ClH/c1-9(12-14-6-7-15(12)2)18-11-5-3-4-10(8-11)13(16)17;/h3-9H,1-2H3,(H,16,17);1H. The molecule has 102 valence electrons. The SMILES string of the molecule is CC(Oc1cccc(C(=O)O)c1)c1nccn1C.Cl. The molecule has 0 aliphatic carbocycles. The molecular weight excluding hydrogens is 268 g/mol. The number of carboxylic acids is 1. The normalized spacial score (nSPS) is 11.5. The van der Waals surface area contributed by atoms with Gasteiger partial charge in [-0.3, -0.25) is 0 Å². The van der Waals surface area contributed by atoms with E-state index in [2.05, 4.69) is 4.98 Å². The molecule has 0 radical (unpaired) electrons. The van der Waals surface area contributed by atoms with Crippen LogP contribution in [-0.2, 0) is 7.05 Å². The predicted molar refractivity (Wildman–Crippen MR) is 72.9 cm³/mol. The van der Waals surface area contributed by atoms with E-state index in [1.54, 1.807) is 18.3 Å². The summed E-state index contributed by atoms with van der Waals surface area (Å²) >= 11 is 0. The van der Waals surface area contributed by atoms with Crippen molar-refractivity contribution in [2.45, 2.75) is 13.0 Å². The van der Waals surface area contributed by atoms with Crippen LogP contribution in [0.2, 0.25) is 0 Å². The molecule has 2 rings (SSSR count). The predicted octanol–water partition coefficient (Wildman–Crippen LogP) is 2.68. The summed E-state index contributed by atoms with van der Waals surface area (Å²) in [5, 5.41) is 8.90. The lowest BCUT2D eigenvalue weighted by molar-refractivity contribution is 0.0696. The second-order valence-electron chi connectivity index (χ2n) is 3.99. The van der Waals surface area contributed by atoms with Crippen LogP contribution in [0.4, 0.5) is 0 Å². The van der Waals surface area contributed by atoms with E-state index in [1.807, 2.05) is 24.7 Å². The van der Waals surface area contributed by atoms with Crippen LogP contribution in [0.3, 0.4) is 0 Å². The van der Waals surface area contributed by atoms with Gasteiger partial charge in [-0.15, -0.1) is 12.4 Å². The molecule has 1 heterocycles. The van der Waals surface area contributed by atoms with E-state index >= 15 is 0 Å². The molecule has 0 fully saturated rings. The molecule has 1 aromatic carbocycles. The minimum Gasteiger partial charge on any atom is -0.483 e. The zero-order chi connectivity index (χ0) is 13.1. The number of hydrogen-bond donors (Lipinski definition) is 1. The number of nitrogens with zero attached hydrogens (tertiary/aromatic N) is 2. The molecule has 0 spiro atoms. The molecule has 0 bridgehead atoms.